The molecule has 0 aromatic heterocycles. The van der Waals surface area contributed by atoms with E-state index < -0.39 is 17.5 Å². The Morgan fingerprint density at radius 3 is 2.19 bits per heavy atom. The summed E-state index contributed by atoms with van der Waals surface area (Å²) < 4.78 is 11.5. The highest BCUT2D eigenvalue weighted by atomic mass is 79.9. The maximum Gasteiger partial charge on any atom is 0.308 e. The molecule has 1 amide bonds. The number of halogens is 1. The maximum absolute atomic E-state index is 12.1. The molecule has 2 atom stereocenters. The quantitative estimate of drug-likeness (QED) is 0.614. The second-order valence-electron chi connectivity index (χ2n) is 7.44. The second-order valence-corrected chi connectivity index (χ2v) is 8.36. The van der Waals surface area contributed by atoms with Crippen molar-refractivity contribution < 1.29 is 23.9 Å². The first-order valence-corrected chi connectivity index (χ1v) is 9.71. The molecule has 0 bridgehead atoms. The summed E-state index contributed by atoms with van der Waals surface area (Å²) >= 11 is 3.36. The van der Waals surface area contributed by atoms with E-state index in [1.54, 1.807) is 34.6 Å². The summed E-state index contributed by atoms with van der Waals surface area (Å²) in [4.78, 5) is 35.6. The number of rotatable bonds is 8. The molecule has 27 heavy (non-hydrogen) atoms. The molecule has 0 radical (unpaired) electrons. The van der Waals surface area contributed by atoms with Crippen molar-refractivity contribution >= 4 is 33.8 Å². The first-order chi connectivity index (χ1) is 12.5. The van der Waals surface area contributed by atoms with Gasteiger partial charge in [-0.25, -0.2) is 0 Å². The lowest BCUT2D eigenvalue weighted by Gasteiger charge is -2.19. The zero-order valence-electron chi connectivity index (χ0n) is 16.5. The van der Waals surface area contributed by atoms with Crippen LogP contribution in [0.15, 0.2) is 28.7 Å². The van der Waals surface area contributed by atoms with Crippen LogP contribution < -0.4 is 5.32 Å². The Kier molecular flexibility index (Phi) is 8.96. The smallest absolute Gasteiger partial charge is 0.308 e. The molecular formula is C20H28BrNO5. The molecule has 2 unspecified atom stereocenters. The van der Waals surface area contributed by atoms with Crippen molar-refractivity contribution in [3.8, 4) is 0 Å². The molecular weight excluding hydrogens is 414 g/mol. The van der Waals surface area contributed by atoms with E-state index >= 15 is 0 Å². The van der Waals surface area contributed by atoms with Crippen molar-refractivity contribution in [1.29, 1.82) is 0 Å². The maximum atomic E-state index is 12.1. The van der Waals surface area contributed by atoms with Gasteiger partial charge in [-0.2, -0.15) is 0 Å². The summed E-state index contributed by atoms with van der Waals surface area (Å²) in [6, 6.07) is 7.13. The summed E-state index contributed by atoms with van der Waals surface area (Å²) in [6.07, 6.45) is -0.301. The van der Waals surface area contributed by atoms with E-state index in [0.29, 0.717) is 0 Å². The van der Waals surface area contributed by atoms with Crippen LogP contribution in [0.25, 0.3) is 0 Å². The van der Waals surface area contributed by atoms with Gasteiger partial charge in [0.05, 0.1) is 12.8 Å². The third-order valence-electron chi connectivity index (χ3n) is 3.50. The summed E-state index contributed by atoms with van der Waals surface area (Å²) in [5, 5.41) is 2.70. The van der Waals surface area contributed by atoms with E-state index in [1.165, 1.54) is 0 Å². The first-order valence-electron chi connectivity index (χ1n) is 8.92. The van der Waals surface area contributed by atoms with Crippen molar-refractivity contribution in [2.75, 3.05) is 0 Å². The largest absolute Gasteiger partial charge is 0.460 e. The minimum Gasteiger partial charge on any atom is -0.460 e. The zero-order valence-corrected chi connectivity index (χ0v) is 18.1. The number of amides is 1. The minimum absolute atomic E-state index is 0.000864. The number of nitrogens with one attached hydrogen (secondary N) is 1. The Hall–Kier alpha value is -1.89. The average molecular weight is 442 g/mol. The van der Waals surface area contributed by atoms with E-state index in [0.717, 1.165) is 10.0 Å². The lowest BCUT2D eigenvalue weighted by atomic mass is 10.1. The number of ether oxygens (including phenoxy) is 2. The molecule has 0 saturated heterocycles. The van der Waals surface area contributed by atoms with E-state index in [1.807, 2.05) is 24.3 Å². The molecule has 0 spiro atoms. The van der Waals surface area contributed by atoms with Gasteiger partial charge in [0.25, 0.3) is 0 Å². The van der Waals surface area contributed by atoms with Gasteiger partial charge in [-0.15, -0.1) is 0 Å². The van der Waals surface area contributed by atoms with Crippen molar-refractivity contribution in [1.82, 2.24) is 5.32 Å². The molecule has 150 valence electrons. The van der Waals surface area contributed by atoms with Gasteiger partial charge >= 0.3 is 11.9 Å². The number of esters is 2. The van der Waals surface area contributed by atoms with E-state index in [9.17, 15) is 14.4 Å². The molecule has 1 aromatic rings. The topological polar surface area (TPSA) is 81.7 Å². The SMILES string of the molecule is CC(CC(=O)OC(C)c1ccc(Br)cc1)NC(=O)CCC(=O)OC(C)(C)C. The van der Waals surface area contributed by atoms with Crippen molar-refractivity contribution in [3.63, 3.8) is 0 Å². The van der Waals surface area contributed by atoms with E-state index in [4.69, 9.17) is 9.47 Å². The van der Waals surface area contributed by atoms with Crippen LogP contribution >= 0.6 is 15.9 Å². The molecule has 0 aliphatic carbocycles. The number of hydrogen-bond donors (Lipinski definition) is 1. The molecule has 0 fully saturated rings. The average Bonchev–Trinajstić information content (AvgIpc) is 2.51. The Balaban J connectivity index is 2.34. The fraction of sp³-hybridized carbons (Fsp3) is 0.550. The Bertz CT molecular complexity index is 651. The first kappa shape index (κ1) is 23.1. The number of hydrogen-bond acceptors (Lipinski definition) is 5. The zero-order chi connectivity index (χ0) is 20.6. The molecule has 0 aliphatic heterocycles. The van der Waals surface area contributed by atoms with Crippen LogP contribution in [0, 0.1) is 0 Å². The Labute approximate surface area is 169 Å². The van der Waals surface area contributed by atoms with Crippen molar-refractivity contribution in [2.45, 2.75) is 71.6 Å². The van der Waals surface area contributed by atoms with E-state index in [2.05, 4.69) is 21.2 Å². The van der Waals surface area contributed by atoms with Gasteiger partial charge in [-0.3, -0.25) is 14.4 Å². The predicted octanol–water partition coefficient (Wildman–Crippen LogP) is 4.07. The Morgan fingerprint density at radius 1 is 1.04 bits per heavy atom. The van der Waals surface area contributed by atoms with Crippen LogP contribution in [-0.2, 0) is 23.9 Å². The number of benzene rings is 1. The number of carbonyl (C=O) groups is 3. The summed E-state index contributed by atoms with van der Waals surface area (Å²) in [5.74, 6) is -1.12. The minimum atomic E-state index is -0.573. The van der Waals surface area contributed by atoms with Gasteiger partial charge in [-0.1, -0.05) is 28.1 Å². The summed E-state index contributed by atoms with van der Waals surface area (Å²) in [6.45, 7) is 8.83. The fourth-order valence-corrected chi connectivity index (χ4v) is 2.57. The standard InChI is InChI=1S/C20H28BrNO5/c1-13(22-17(23)10-11-18(24)27-20(3,4)5)12-19(25)26-14(2)15-6-8-16(21)9-7-15/h6-9,13-14H,10-12H2,1-5H3,(H,22,23). The van der Waals surface area contributed by atoms with Gasteiger partial charge in [0.2, 0.25) is 5.91 Å². The highest BCUT2D eigenvalue weighted by molar-refractivity contribution is 9.10. The van der Waals surface area contributed by atoms with Crippen LogP contribution in [-0.4, -0.2) is 29.5 Å². The van der Waals surface area contributed by atoms with Gasteiger partial charge in [0.1, 0.15) is 11.7 Å². The molecule has 1 rings (SSSR count). The highest BCUT2D eigenvalue weighted by Gasteiger charge is 2.19. The normalized spacial score (nSPS) is 13.4. The van der Waals surface area contributed by atoms with Crippen LogP contribution in [0.3, 0.4) is 0 Å². The monoisotopic (exact) mass is 441 g/mol. The van der Waals surface area contributed by atoms with Crippen LogP contribution in [0.4, 0.5) is 0 Å². The lowest BCUT2D eigenvalue weighted by molar-refractivity contribution is -0.156. The summed E-state index contributed by atoms with van der Waals surface area (Å²) in [5.41, 5.74) is 0.316. The fourth-order valence-electron chi connectivity index (χ4n) is 2.30. The molecule has 0 aliphatic rings. The molecule has 6 nitrogen and oxygen atoms in total. The Morgan fingerprint density at radius 2 is 1.63 bits per heavy atom. The van der Waals surface area contributed by atoms with Crippen LogP contribution in [0.5, 0.6) is 0 Å². The van der Waals surface area contributed by atoms with Crippen LogP contribution in [0.2, 0.25) is 0 Å². The highest BCUT2D eigenvalue weighted by Crippen LogP contribution is 2.20. The van der Waals surface area contributed by atoms with Gasteiger partial charge < -0.3 is 14.8 Å². The third kappa shape index (κ3) is 10.1. The number of carbonyl (C=O) groups excluding carboxylic acids is 3. The molecule has 7 heteroatoms. The lowest BCUT2D eigenvalue weighted by Crippen LogP contribution is -2.35. The molecule has 0 saturated carbocycles. The predicted molar refractivity (Wildman–Crippen MR) is 106 cm³/mol. The third-order valence-corrected chi connectivity index (χ3v) is 4.03. The van der Waals surface area contributed by atoms with Crippen LogP contribution in [0.1, 0.15) is 65.5 Å². The molecule has 1 N–H and O–H groups in total. The van der Waals surface area contributed by atoms with Gasteiger partial charge in [-0.05, 0) is 52.3 Å². The second kappa shape index (κ2) is 10.4. The van der Waals surface area contributed by atoms with Gasteiger partial charge in [0.15, 0.2) is 0 Å². The molecule has 1 aromatic carbocycles. The van der Waals surface area contributed by atoms with Gasteiger partial charge in [0, 0.05) is 16.9 Å². The van der Waals surface area contributed by atoms with E-state index in [-0.39, 0.29) is 37.3 Å². The molecule has 0 heterocycles. The summed E-state index contributed by atoms with van der Waals surface area (Å²) in [7, 11) is 0. The van der Waals surface area contributed by atoms with Crippen molar-refractivity contribution in [3.05, 3.63) is 34.3 Å². The van der Waals surface area contributed by atoms with Crippen molar-refractivity contribution in [2.24, 2.45) is 0 Å².